The molecule has 0 saturated heterocycles. The molecular formula is C21H25FN4O. The van der Waals surface area contributed by atoms with E-state index in [4.69, 9.17) is 0 Å². The molecule has 0 fully saturated rings. The lowest BCUT2D eigenvalue weighted by molar-refractivity contribution is 0.0767. The largest absolute Gasteiger partial charge is 0.338 e. The van der Waals surface area contributed by atoms with Gasteiger partial charge in [0.15, 0.2) is 5.65 Å². The number of fused-ring (bicyclic) bond motifs is 1. The van der Waals surface area contributed by atoms with E-state index in [1.54, 1.807) is 33.7 Å². The number of rotatable bonds is 4. The number of carbonyl (C=O) groups is 1. The molecule has 2 heterocycles. The van der Waals surface area contributed by atoms with Crippen LogP contribution in [0, 0.1) is 5.82 Å². The third kappa shape index (κ3) is 3.56. The summed E-state index contributed by atoms with van der Waals surface area (Å²) in [7, 11) is 0. The van der Waals surface area contributed by atoms with Crippen LogP contribution in [0.5, 0.6) is 0 Å². The maximum atomic E-state index is 14.5. The smallest absolute Gasteiger partial charge is 0.272 e. The lowest BCUT2D eigenvalue weighted by atomic mass is 9.93. The summed E-state index contributed by atoms with van der Waals surface area (Å²) in [5.74, 6) is -0.530. The number of benzene rings is 1. The third-order valence-corrected chi connectivity index (χ3v) is 4.62. The monoisotopic (exact) mass is 368 g/mol. The fourth-order valence-corrected chi connectivity index (χ4v) is 2.98. The van der Waals surface area contributed by atoms with E-state index in [1.807, 2.05) is 19.9 Å². The zero-order valence-electron chi connectivity index (χ0n) is 16.5. The summed E-state index contributed by atoms with van der Waals surface area (Å²) < 4.78 is 16.1. The number of carbonyl (C=O) groups excluding carboxylic acids is 1. The van der Waals surface area contributed by atoms with E-state index in [1.165, 1.54) is 6.07 Å². The van der Waals surface area contributed by atoms with Crippen LogP contribution in [0.3, 0.4) is 0 Å². The third-order valence-electron chi connectivity index (χ3n) is 4.62. The van der Waals surface area contributed by atoms with Crippen LogP contribution in [0.2, 0.25) is 0 Å². The molecular weight excluding hydrogens is 343 g/mol. The van der Waals surface area contributed by atoms with E-state index in [9.17, 15) is 9.18 Å². The van der Waals surface area contributed by atoms with Gasteiger partial charge in [0.25, 0.3) is 5.91 Å². The Balaban J connectivity index is 2.29. The Kier molecular flexibility index (Phi) is 5.00. The lowest BCUT2D eigenvalue weighted by Crippen LogP contribution is -2.31. The second-order valence-corrected chi connectivity index (χ2v) is 7.53. The number of halogens is 1. The molecule has 27 heavy (non-hydrogen) atoms. The zero-order chi connectivity index (χ0) is 19.8. The Morgan fingerprint density at radius 3 is 2.41 bits per heavy atom. The van der Waals surface area contributed by atoms with Crippen LogP contribution < -0.4 is 0 Å². The minimum absolute atomic E-state index is 0.168. The molecule has 142 valence electrons. The Bertz CT molecular complexity index is 984. The molecule has 0 radical (unpaired) electrons. The van der Waals surface area contributed by atoms with E-state index < -0.39 is 0 Å². The summed E-state index contributed by atoms with van der Waals surface area (Å²) in [5.41, 5.74) is 2.38. The predicted molar refractivity (Wildman–Crippen MR) is 104 cm³/mol. The van der Waals surface area contributed by atoms with Crippen LogP contribution >= 0.6 is 0 Å². The summed E-state index contributed by atoms with van der Waals surface area (Å²) in [5, 5.41) is 4.65. The van der Waals surface area contributed by atoms with Gasteiger partial charge in [-0.3, -0.25) is 4.79 Å². The fraction of sp³-hybridized carbons (Fsp3) is 0.381. The topological polar surface area (TPSA) is 50.5 Å². The second kappa shape index (κ2) is 7.10. The molecule has 0 aliphatic carbocycles. The Morgan fingerprint density at radius 2 is 1.81 bits per heavy atom. The van der Waals surface area contributed by atoms with Gasteiger partial charge < -0.3 is 4.90 Å². The van der Waals surface area contributed by atoms with Gasteiger partial charge in [-0.1, -0.05) is 32.9 Å². The molecule has 0 saturated carbocycles. The molecule has 1 aromatic carbocycles. The van der Waals surface area contributed by atoms with Gasteiger partial charge in [-0.2, -0.15) is 5.10 Å². The molecule has 0 bridgehead atoms. The van der Waals surface area contributed by atoms with Gasteiger partial charge in [-0.25, -0.2) is 13.9 Å². The SMILES string of the molecule is CCN(CC)C(=O)c1cc(-c2ccccc2F)n2nc(C(C)(C)C)cc2n1. The molecule has 3 aromatic rings. The molecule has 0 spiro atoms. The van der Waals surface area contributed by atoms with Crippen LogP contribution in [-0.4, -0.2) is 38.5 Å². The molecule has 6 heteroatoms. The summed E-state index contributed by atoms with van der Waals surface area (Å²) in [4.78, 5) is 19.1. The van der Waals surface area contributed by atoms with E-state index in [0.717, 1.165) is 5.69 Å². The van der Waals surface area contributed by atoms with Crippen LogP contribution in [0.15, 0.2) is 36.4 Å². The van der Waals surface area contributed by atoms with Gasteiger partial charge in [-0.15, -0.1) is 0 Å². The first kappa shape index (κ1) is 19.0. The van der Waals surface area contributed by atoms with Crippen molar-refractivity contribution in [3.63, 3.8) is 0 Å². The standard InChI is InChI=1S/C21H25FN4O/c1-6-25(7-2)20(27)16-12-17(14-10-8-9-11-15(14)22)26-19(23-16)13-18(24-26)21(3,4)5/h8-13H,6-7H2,1-5H3. The first-order valence-electron chi connectivity index (χ1n) is 9.21. The predicted octanol–water partition coefficient (Wildman–Crippen LogP) is 4.31. The van der Waals surface area contributed by atoms with Crippen LogP contribution in [0.25, 0.3) is 16.9 Å². The second-order valence-electron chi connectivity index (χ2n) is 7.53. The molecule has 2 aromatic heterocycles. The quantitative estimate of drug-likeness (QED) is 0.689. The average Bonchev–Trinajstić information content (AvgIpc) is 3.07. The highest BCUT2D eigenvalue weighted by Gasteiger charge is 2.23. The molecule has 1 amide bonds. The summed E-state index contributed by atoms with van der Waals surface area (Å²) in [6.07, 6.45) is 0. The highest BCUT2D eigenvalue weighted by atomic mass is 19.1. The van der Waals surface area contributed by atoms with Crippen molar-refractivity contribution in [2.45, 2.75) is 40.0 Å². The number of hydrogen-bond donors (Lipinski definition) is 0. The number of amides is 1. The van der Waals surface area contributed by atoms with Crippen LogP contribution in [0.4, 0.5) is 4.39 Å². The first-order chi connectivity index (χ1) is 12.8. The normalized spacial score (nSPS) is 11.8. The van der Waals surface area contributed by atoms with Gasteiger partial charge in [0.05, 0.1) is 11.4 Å². The molecule has 0 aliphatic heterocycles. The minimum Gasteiger partial charge on any atom is -0.338 e. The minimum atomic E-state index is -0.362. The van der Waals surface area contributed by atoms with Gasteiger partial charge in [0.1, 0.15) is 11.5 Å². The zero-order valence-corrected chi connectivity index (χ0v) is 16.5. The van der Waals surface area contributed by atoms with E-state index in [2.05, 4.69) is 30.9 Å². The van der Waals surface area contributed by atoms with Crippen molar-refractivity contribution >= 4 is 11.6 Å². The summed E-state index contributed by atoms with van der Waals surface area (Å²) in [6.45, 7) is 11.2. The molecule has 0 unspecified atom stereocenters. The maximum absolute atomic E-state index is 14.5. The van der Waals surface area contributed by atoms with Crippen molar-refractivity contribution in [3.05, 3.63) is 53.6 Å². The maximum Gasteiger partial charge on any atom is 0.272 e. The molecule has 5 nitrogen and oxygen atoms in total. The van der Waals surface area contributed by atoms with E-state index in [-0.39, 0.29) is 17.1 Å². The average molecular weight is 368 g/mol. The Labute approximate surface area is 158 Å². The number of hydrogen-bond acceptors (Lipinski definition) is 3. The van der Waals surface area contributed by atoms with E-state index >= 15 is 0 Å². The first-order valence-corrected chi connectivity index (χ1v) is 9.21. The highest BCUT2D eigenvalue weighted by molar-refractivity contribution is 5.94. The van der Waals surface area contributed by atoms with Crippen molar-refractivity contribution in [2.24, 2.45) is 0 Å². The van der Waals surface area contributed by atoms with Crippen molar-refractivity contribution in [2.75, 3.05) is 13.1 Å². The number of nitrogens with zero attached hydrogens (tertiary/aromatic N) is 4. The van der Waals surface area contributed by atoms with Gasteiger partial charge >= 0.3 is 0 Å². The van der Waals surface area contributed by atoms with Gasteiger partial charge in [0.2, 0.25) is 0 Å². The van der Waals surface area contributed by atoms with Crippen LogP contribution in [0.1, 0.15) is 50.8 Å². The van der Waals surface area contributed by atoms with Gasteiger partial charge in [-0.05, 0) is 32.0 Å². The van der Waals surface area contributed by atoms with Crippen LogP contribution in [-0.2, 0) is 5.41 Å². The van der Waals surface area contributed by atoms with Gasteiger partial charge in [0, 0.05) is 30.1 Å². The molecule has 0 aliphatic rings. The molecule has 0 N–H and O–H groups in total. The van der Waals surface area contributed by atoms with E-state index in [0.29, 0.717) is 35.7 Å². The Hall–Kier alpha value is -2.76. The molecule has 3 rings (SSSR count). The fourth-order valence-electron chi connectivity index (χ4n) is 2.98. The number of aromatic nitrogens is 3. The van der Waals surface area contributed by atoms with Crippen molar-refractivity contribution in [3.8, 4) is 11.3 Å². The van der Waals surface area contributed by atoms with Crippen molar-refractivity contribution in [1.29, 1.82) is 0 Å². The highest BCUT2D eigenvalue weighted by Crippen LogP contribution is 2.28. The summed E-state index contributed by atoms with van der Waals surface area (Å²) in [6, 6.07) is 10.00. The Morgan fingerprint density at radius 1 is 1.15 bits per heavy atom. The van der Waals surface area contributed by atoms with Crippen molar-refractivity contribution in [1.82, 2.24) is 19.5 Å². The summed E-state index contributed by atoms with van der Waals surface area (Å²) >= 11 is 0. The molecule has 0 atom stereocenters. The van der Waals surface area contributed by atoms with Crippen molar-refractivity contribution < 1.29 is 9.18 Å². The lowest BCUT2D eigenvalue weighted by Gasteiger charge is -2.18.